The largest absolute Gasteiger partial charge is 0.370 e. The number of amides is 2. The maximum absolute atomic E-state index is 12.8. The molecule has 0 atom stereocenters. The molecule has 0 heterocycles. The van der Waals surface area contributed by atoms with Gasteiger partial charge in [0.2, 0.25) is 11.8 Å². The summed E-state index contributed by atoms with van der Waals surface area (Å²) in [4.78, 5) is 24.2. The topological polar surface area (TPSA) is 86.2 Å². The van der Waals surface area contributed by atoms with Gasteiger partial charge in [0.25, 0.3) is 0 Å². The Kier molecular flexibility index (Phi) is 33.6. The summed E-state index contributed by atoms with van der Waals surface area (Å²) in [6.45, 7) is 4.55. The zero-order valence-corrected chi connectivity index (χ0v) is 31.1. The monoisotopic (exact) mass is 645 g/mol. The van der Waals surface area contributed by atoms with Gasteiger partial charge in [-0.15, -0.1) is 0 Å². The van der Waals surface area contributed by atoms with Gasteiger partial charge < -0.3 is 11.5 Å². The lowest BCUT2D eigenvalue weighted by molar-refractivity contribution is -0.129. The van der Waals surface area contributed by atoms with Gasteiger partial charge in [-0.3, -0.25) is 9.59 Å². The van der Waals surface area contributed by atoms with Crippen LogP contribution in [0, 0.1) is 5.41 Å². The highest BCUT2D eigenvalue weighted by Crippen LogP contribution is 2.37. The molecule has 0 aromatic heterocycles. The van der Waals surface area contributed by atoms with Crippen molar-refractivity contribution in [3.05, 3.63) is 24.3 Å². The van der Waals surface area contributed by atoms with Crippen LogP contribution in [0.25, 0.3) is 0 Å². The maximum atomic E-state index is 12.8. The summed E-state index contributed by atoms with van der Waals surface area (Å²) in [6.07, 6.45) is 48.8. The van der Waals surface area contributed by atoms with Gasteiger partial charge in [-0.2, -0.15) is 0 Å². The van der Waals surface area contributed by atoms with E-state index in [9.17, 15) is 9.59 Å². The van der Waals surface area contributed by atoms with Crippen molar-refractivity contribution in [2.75, 3.05) is 0 Å². The first-order valence-electron chi connectivity index (χ1n) is 20.4. The lowest BCUT2D eigenvalue weighted by atomic mass is 9.73. The number of hydrogen-bond acceptors (Lipinski definition) is 2. The van der Waals surface area contributed by atoms with Crippen LogP contribution in [0.4, 0.5) is 0 Å². The summed E-state index contributed by atoms with van der Waals surface area (Å²) in [5.41, 5.74) is 11.0. The van der Waals surface area contributed by atoms with Gasteiger partial charge in [-0.1, -0.05) is 167 Å². The van der Waals surface area contributed by atoms with Crippen molar-refractivity contribution in [2.45, 2.75) is 226 Å². The predicted molar refractivity (Wildman–Crippen MR) is 203 cm³/mol. The molecule has 0 rings (SSSR count). The molecule has 2 amide bonds. The molecule has 4 nitrogen and oxygen atoms in total. The Morgan fingerprint density at radius 2 is 0.696 bits per heavy atom. The standard InChI is InChI=1S/C42H80N2O2/c1-3-5-7-9-11-13-15-17-19-21-23-25-27-29-31-33-37-42(41(44)46,39-35-36-40(43)45)38-34-32-30-28-26-24-22-20-18-16-14-12-10-8-6-4-2/h17-20H,3-16,21-39H2,1-2H3,(H2,43,45)(H2,44,46). The van der Waals surface area contributed by atoms with Crippen LogP contribution in [0.1, 0.15) is 226 Å². The van der Waals surface area contributed by atoms with E-state index in [2.05, 4.69) is 38.2 Å². The van der Waals surface area contributed by atoms with Gasteiger partial charge in [-0.25, -0.2) is 0 Å². The van der Waals surface area contributed by atoms with E-state index in [0.717, 1.165) is 38.5 Å². The van der Waals surface area contributed by atoms with Crippen LogP contribution in [0.15, 0.2) is 24.3 Å². The fraction of sp³-hybridized carbons (Fsp3) is 0.857. The first-order chi connectivity index (χ1) is 22.5. The highest BCUT2D eigenvalue weighted by atomic mass is 16.1. The second kappa shape index (κ2) is 34.7. The minimum atomic E-state index is -0.475. The van der Waals surface area contributed by atoms with Crippen molar-refractivity contribution in [2.24, 2.45) is 16.9 Å². The molecule has 0 saturated heterocycles. The first kappa shape index (κ1) is 44.4. The number of primary amides is 2. The lowest BCUT2D eigenvalue weighted by Crippen LogP contribution is -2.37. The average Bonchev–Trinajstić information content (AvgIpc) is 3.03. The lowest BCUT2D eigenvalue weighted by Gasteiger charge is -2.31. The zero-order valence-electron chi connectivity index (χ0n) is 31.1. The molecule has 0 unspecified atom stereocenters. The smallest absolute Gasteiger partial charge is 0.223 e. The van der Waals surface area contributed by atoms with E-state index in [1.165, 1.54) is 154 Å². The highest BCUT2D eigenvalue weighted by Gasteiger charge is 2.34. The van der Waals surface area contributed by atoms with E-state index in [4.69, 9.17) is 11.5 Å². The minimum absolute atomic E-state index is 0.169. The number of rotatable bonds is 37. The Morgan fingerprint density at radius 1 is 0.413 bits per heavy atom. The molecule has 4 N–H and O–H groups in total. The van der Waals surface area contributed by atoms with Crippen LogP contribution in [0.2, 0.25) is 0 Å². The number of carbonyl (C=O) groups is 2. The van der Waals surface area contributed by atoms with Crippen molar-refractivity contribution in [1.29, 1.82) is 0 Å². The third-order valence-corrected chi connectivity index (χ3v) is 9.94. The zero-order chi connectivity index (χ0) is 33.8. The Bertz CT molecular complexity index is 687. The van der Waals surface area contributed by atoms with E-state index in [1.807, 2.05) is 0 Å². The number of allylic oxidation sites excluding steroid dienone is 4. The first-order valence-corrected chi connectivity index (χ1v) is 20.4. The van der Waals surface area contributed by atoms with Crippen LogP contribution in [-0.4, -0.2) is 11.8 Å². The van der Waals surface area contributed by atoms with Gasteiger partial charge in [0, 0.05) is 11.8 Å². The molecule has 0 aliphatic rings. The molecule has 0 spiro atoms. The van der Waals surface area contributed by atoms with E-state index in [0.29, 0.717) is 19.3 Å². The molecule has 0 bridgehead atoms. The SMILES string of the molecule is CCCCCCCCC=CCCCCCCCCC(CCCCCCCCC=CCCCCCCCC)(CCCC(N)=O)C(N)=O. The minimum Gasteiger partial charge on any atom is -0.370 e. The number of nitrogens with two attached hydrogens (primary N) is 2. The maximum Gasteiger partial charge on any atom is 0.223 e. The van der Waals surface area contributed by atoms with Crippen LogP contribution >= 0.6 is 0 Å². The molecule has 0 aliphatic carbocycles. The van der Waals surface area contributed by atoms with E-state index in [1.54, 1.807) is 0 Å². The summed E-state index contributed by atoms with van der Waals surface area (Å²) < 4.78 is 0. The average molecular weight is 645 g/mol. The molecular formula is C42H80N2O2. The summed E-state index contributed by atoms with van der Waals surface area (Å²) in [6, 6.07) is 0. The van der Waals surface area contributed by atoms with Crippen LogP contribution in [0.3, 0.4) is 0 Å². The highest BCUT2D eigenvalue weighted by molar-refractivity contribution is 5.81. The third kappa shape index (κ3) is 29.8. The molecule has 0 radical (unpaired) electrons. The predicted octanol–water partition coefficient (Wildman–Crippen LogP) is 13.0. The number of unbranched alkanes of at least 4 members (excludes halogenated alkanes) is 24. The summed E-state index contributed by atoms with van der Waals surface area (Å²) in [7, 11) is 0. The molecular weight excluding hydrogens is 564 g/mol. The van der Waals surface area contributed by atoms with Crippen molar-refractivity contribution in [1.82, 2.24) is 0 Å². The fourth-order valence-corrected chi connectivity index (χ4v) is 6.77. The third-order valence-electron chi connectivity index (χ3n) is 9.94. The summed E-state index contributed by atoms with van der Waals surface area (Å²) in [5.74, 6) is -0.453. The molecule has 46 heavy (non-hydrogen) atoms. The van der Waals surface area contributed by atoms with E-state index >= 15 is 0 Å². The van der Waals surface area contributed by atoms with Crippen LogP contribution in [-0.2, 0) is 9.59 Å². The van der Waals surface area contributed by atoms with Crippen molar-refractivity contribution in [3.63, 3.8) is 0 Å². The number of carbonyl (C=O) groups excluding carboxylic acids is 2. The second-order valence-corrected chi connectivity index (χ2v) is 14.3. The molecule has 0 fully saturated rings. The normalized spacial score (nSPS) is 13.2. The van der Waals surface area contributed by atoms with Gasteiger partial charge in [0.05, 0.1) is 0 Å². The van der Waals surface area contributed by atoms with Gasteiger partial charge >= 0.3 is 0 Å². The molecule has 4 heteroatoms. The van der Waals surface area contributed by atoms with Crippen LogP contribution < -0.4 is 11.5 Å². The Hall–Kier alpha value is -1.58. The van der Waals surface area contributed by atoms with Crippen LogP contribution in [0.5, 0.6) is 0 Å². The fourth-order valence-electron chi connectivity index (χ4n) is 6.77. The van der Waals surface area contributed by atoms with Crippen molar-refractivity contribution in [3.8, 4) is 0 Å². The van der Waals surface area contributed by atoms with Crippen molar-refractivity contribution >= 4 is 11.8 Å². The van der Waals surface area contributed by atoms with Gasteiger partial charge in [0.1, 0.15) is 0 Å². The molecule has 0 aromatic rings. The molecule has 0 saturated carbocycles. The summed E-state index contributed by atoms with van der Waals surface area (Å²) in [5, 5.41) is 0. The Balaban J connectivity index is 4.13. The van der Waals surface area contributed by atoms with Gasteiger partial charge in [-0.05, 0) is 77.0 Å². The summed E-state index contributed by atoms with van der Waals surface area (Å²) >= 11 is 0. The number of hydrogen-bond donors (Lipinski definition) is 2. The quantitative estimate of drug-likeness (QED) is 0.0520. The molecule has 0 aliphatic heterocycles. The Morgan fingerprint density at radius 3 is 1.00 bits per heavy atom. The second-order valence-electron chi connectivity index (χ2n) is 14.3. The van der Waals surface area contributed by atoms with Gasteiger partial charge in [0.15, 0.2) is 0 Å². The van der Waals surface area contributed by atoms with Crippen molar-refractivity contribution < 1.29 is 9.59 Å². The Labute approximate surface area is 287 Å². The molecule has 0 aromatic carbocycles. The van der Waals surface area contributed by atoms with E-state index in [-0.39, 0.29) is 11.8 Å². The van der Waals surface area contributed by atoms with E-state index < -0.39 is 5.41 Å². The molecule has 270 valence electrons.